The standard InChI is InChI=1S/C18H24N2O3S/c1-12(2)16-7-6-15(18(23)20(16)3)17(22)19-10-13(11-21)9-14-5-4-8-24-14/h4-8,12-13,21H,9-11H2,1-3H3,(H,19,22)/t13-/m0/s1. The number of pyridine rings is 1. The van der Waals surface area contributed by atoms with Crippen LogP contribution < -0.4 is 10.9 Å². The van der Waals surface area contributed by atoms with E-state index < -0.39 is 5.91 Å². The summed E-state index contributed by atoms with van der Waals surface area (Å²) in [6.45, 7) is 4.33. The van der Waals surface area contributed by atoms with Gasteiger partial charge in [0.15, 0.2) is 0 Å². The molecular formula is C18H24N2O3S. The third kappa shape index (κ3) is 4.33. The molecule has 2 N–H and O–H groups in total. The largest absolute Gasteiger partial charge is 0.396 e. The van der Waals surface area contributed by atoms with E-state index in [1.807, 2.05) is 37.4 Å². The van der Waals surface area contributed by atoms with Gasteiger partial charge in [0.2, 0.25) is 0 Å². The third-order valence-corrected chi connectivity index (χ3v) is 4.96. The quantitative estimate of drug-likeness (QED) is 0.805. The van der Waals surface area contributed by atoms with Gasteiger partial charge >= 0.3 is 0 Å². The van der Waals surface area contributed by atoms with Crippen molar-refractivity contribution in [1.82, 2.24) is 9.88 Å². The van der Waals surface area contributed by atoms with Crippen LogP contribution in [-0.2, 0) is 13.5 Å². The fourth-order valence-electron chi connectivity index (χ4n) is 2.65. The zero-order valence-corrected chi connectivity index (χ0v) is 15.1. The Bertz CT molecular complexity index is 735. The normalized spacial score (nSPS) is 12.4. The summed E-state index contributed by atoms with van der Waals surface area (Å²) >= 11 is 1.63. The van der Waals surface area contributed by atoms with Crippen molar-refractivity contribution < 1.29 is 9.90 Å². The first-order valence-corrected chi connectivity index (χ1v) is 8.93. The monoisotopic (exact) mass is 348 g/mol. The fourth-order valence-corrected chi connectivity index (χ4v) is 3.47. The van der Waals surface area contributed by atoms with Gasteiger partial charge in [-0.2, -0.15) is 0 Å². The second-order valence-corrected chi connectivity index (χ2v) is 7.27. The van der Waals surface area contributed by atoms with Crippen molar-refractivity contribution in [3.8, 4) is 0 Å². The van der Waals surface area contributed by atoms with Gasteiger partial charge in [-0.15, -0.1) is 11.3 Å². The summed E-state index contributed by atoms with van der Waals surface area (Å²) in [5.74, 6) is -0.244. The van der Waals surface area contributed by atoms with Crippen LogP contribution in [0.25, 0.3) is 0 Å². The van der Waals surface area contributed by atoms with E-state index in [9.17, 15) is 14.7 Å². The molecule has 0 aromatic carbocycles. The van der Waals surface area contributed by atoms with Gasteiger partial charge in [0.25, 0.3) is 11.5 Å². The Kier molecular flexibility index (Phi) is 6.34. The second-order valence-electron chi connectivity index (χ2n) is 6.23. The van der Waals surface area contributed by atoms with Gasteiger partial charge in [-0.1, -0.05) is 19.9 Å². The van der Waals surface area contributed by atoms with Gasteiger partial charge in [-0.25, -0.2) is 0 Å². The molecule has 0 aliphatic rings. The van der Waals surface area contributed by atoms with Gasteiger partial charge in [-0.3, -0.25) is 9.59 Å². The molecule has 130 valence electrons. The molecule has 2 aromatic heterocycles. The van der Waals surface area contributed by atoms with Gasteiger partial charge in [0.05, 0.1) is 0 Å². The first-order valence-electron chi connectivity index (χ1n) is 8.05. The number of aliphatic hydroxyl groups excluding tert-OH is 1. The SMILES string of the molecule is CC(C)c1ccc(C(=O)NC[C@@H](CO)Cc2cccs2)c(=O)n1C. The van der Waals surface area contributed by atoms with Crippen molar-refractivity contribution in [3.63, 3.8) is 0 Å². The molecule has 1 amide bonds. The molecule has 6 heteroatoms. The maximum absolute atomic E-state index is 12.4. The minimum absolute atomic E-state index is 0.0114. The molecule has 0 saturated heterocycles. The van der Waals surface area contributed by atoms with Crippen LogP contribution in [0.1, 0.15) is 40.7 Å². The first-order chi connectivity index (χ1) is 11.4. The number of nitrogens with one attached hydrogen (secondary N) is 1. The van der Waals surface area contributed by atoms with E-state index in [-0.39, 0.29) is 29.6 Å². The molecule has 2 rings (SSSR count). The van der Waals surface area contributed by atoms with Crippen molar-refractivity contribution in [3.05, 3.63) is 56.1 Å². The molecule has 0 bridgehead atoms. The van der Waals surface area contributed by atoms with Crippen LogP contribution in [0.2, 0.25) is 0 Å². The average molecular weight is 348 g/mol. The van der Waals surface area contributed by atoms with E-state index >= 15 is 0 Å². The Hall–Kier alpha value is -1.92. The highest BCUT2D eigenvalue weighted by atomic mass is 32.1. The van der Waals surface area contributed by atoms with Crippen molar-refractivity contribution in [2.45, 2.75) is 26.2 Å². The highest BCUT2D eigenvalue weighted by Gasteiger charge is 2.16. The lowest BCUT2D eigenvalue weighted by atomic mass is 10.1. The summed E-state index contributed by atoms with van der Waals surface area (Å²) in [5.41, 5.74) is 0.731. The summed E-state index contributed by atoms with van der Waals surface area (Å²) in [6.07, 6.45) is 0.707. The van der Waals surface area contributed by atoms with Crippen molar-refractivity contribution in [2.24, 2.45) is 13.0 Å². The molecule has 24 heavy (non-hydrogen) atoms. The van der Waals surface area contributed by atoms with Crippen LogP contribution in [0.5, 0.6) is 0 Å². The van der Waals surface area contributed by atoms with Crippen LogP contribution in [0.3, 0.4) is 0 Å². The number of rotatable bonds is 7. The highest BCUT2D eigenvalue weighted by molar-refractivity contribution is 7.09. The smallest absolute Gasteiger partial charge is 0.263 e. The van der Waals surface area contributed by atoms with E-state index in [1.54, 1.807) is 24.5 Å². The molecular weight excluding hydrogens is 324 g/mol. The topological polar surface area (TPSA) is 71.3 Å². The van der Waals surface area contributed by atoms with Gasteiger partial charge in [0.1, 0.15) is 5.56 Å². The van der Waals surface area contributed by atoms with E-state index in [2.05, 4.69) is 5.32 Å². The lowest BCUT2D eigenvalue weighted by molar-refractivity contribution is 0.0938. The molecule has 2 aromatic rings. The number of hydrogen-bond donors (Lipinski definition) is 2. The van der Waals surface area contributed by atoms with Crippen LogP contribution in [-0.4, -0.2) is 28.7 Å². The van der Waals surface area contributed by atoms with Crippen molar-refractivity contribution in [1.29, 1.82) is 0 Å². The molecule has 0 spiro atoms. The second kappa shape index (κ2) is 8.26. The fraction of sp³-hybridized carbons (Fsp3) is 0.444. The summed E-state index contributed by atoms with van der Waals surface area (Å²) in [7, 11) is 1.68. The van der Waals surface area contributed by atoms with E-state index in [1.165, 1.54) is 9.44 Å². The third-order valence-electron chi connectivity index (χ3n) is 4.06. The van der Waals surface area contributed by atoms with Crippen LogP contribution >= 0.6 is 11.3 Å². The molecule has 0 aliphatic heterocycles. The minimum Gasteiger partial charge on any atom is -0.396 e. The first kappa shape index (κ1) is 18.4. The summed E-state index contributed by atoms with van der Waals surface area (Å²) in [5, 5.41) is 14.3. The van der Waals surface area contributed by atoms with E-state index in [0.717, 1.165) is 5.69 Å². The molecule has 0 aliphatic carbocycles. The minimum atomic E-state index is -0.393. The number of nitrogens with zero attached hydrogens (tertiary/aromatic N) is 1. The molecule has 2 heterocycles. The highest BCUT2D eigenvalue weighted by Crippen LogP contribution is 2.14. The average Bonchev–Trinajstić information content (AvgIpc) is 3.06. The Labute approximate surface area is 146 Å². The zero-order chi connectivity index (χ0) is 17.7. The van der Waals surface area contributed by atoms with Crippen molar-refractivity contribution in [2.75, 3.05) is 13.2 Å². The lowest BCUT2D eigenvalue weighted by Crippen LogP contribution is -2.36. The summed E-state index contributed by atoms with van der Waals surface area (Å²) in [4.78, 5) is 25.8. The van der Waals surface area contributed by atoms with Crippen LogP contribution in [0, 0.1) is 5.92 Å². The number of aromatic nitrogens is 1. The predicted molar refractivity (Wildman–Crippen MR) is 96.7 cm³/mol. The van der Waals surface area contributed by atoms with Crippen LogP contribution in [0.4, 0.5) is 0 Å². The number of thiophene rings is 1. The number of carbonyl (C=O) groups is 1. The maximum Gasteiger partial charge on any atom is 0.263 e. The van der Waals surface area contributed by atoms with Gasteiger partial charge in [0, 0.05) is 36.7 Å². The number of hydrogen-bond acceptors (Lipinski definition) is 4. The molecule has 0 radical (unpaired) electrons. The maximum atomic E-state index is 12.4. The zero-order valence-electron chi connectivity index (χ0n) is 14.3. The molecule has 5 nitrogen and oxygen atoms in total. The summed E-state index contributed by atoms with van der Waals surface area (Å²) < 4.78 is 1.52. The summed E-state index contributed by atoms with van der Waals surface area (Å²) in [6, 6.07) is 7.37. The Morgan fingerprint density at radius 1 is 1.33 bits per heavy atom. The van der Waals surface area contributed by atoms with E-state index in [4.69, 9.17) is 0 Å². The number of aliphatic hydroxyl groups is 1. The lowest BCUT2D eigenvalue weighted by Gasteiger charge is -2.15. The Balaban J connectivity index is 2.04. The molecule has 0 fully saturated rings. The van der Waals surface area contributed by atoms with Gasteiger partial charge < -0.3 is 15.0 Å². The van der Waals surface area contributed by atoms with Crippen molar-refractivity contribution >= 4 is 17.2 Å². The molecule has 1 atom stereocenters. The Morgan fingerprint density at radius 2 is 2.08 bits per heavy atom. The number of carbonyl (C=O) groups excluding carboxylic acids is 1. The van der Waals surface area contributed by atoms with Crippen LogP contribution in [0.15, 0.2) is 34.4 Å². The Morgan fingerprint density at radius 3 is 2.67 bits per heavy atom. The predicted octanol–water partition coefficient (Wildman–Crippen LogP) is 2.15. The number of amides is 1. The molecule has 0 unspecified atom stereocenters. The van der Waals surface area contributed by atoms with E-state index in [0.29, 0.717) is 13.0 Å². The van der Waals surface area contributed by atoms with Gasteiger partial charge in [-0.05, 0) is 35.9 Å². The molecule has 0 saturated carbocycles.